The van der Waals surface area contributed by atoms with E-state index in [2.05, 4.69) is 9.98 Å². The molecular weight excluding hydrogens is 197 g/mol. The molecule has 2 N–H and O–H groups in total. The van der Waals surface area contributed by atoms with Gasteiger partial charge in [0, 0.05) is 11.8 Å². The van der Waals surface area contributed by atoms with E-state index in [-0.39, 0.29) is 24.8 Å². The lowest BCUT2D eigenvalue weighted by molar-refractivity contribution is 1.09. The fourth-order valence-electron chi connectivity index (χ4n) is 1.04. The molecule has 0 radical (unpaired) electrons. The van der Waals surface area contributed by atoms with Crippen molar-refractivity contribution in [2.75, 3.05) is 0 Å². The van der Waals surface area contributed by atoms with Gasteiger partial charge >= 0.3 is 0 Å². The number of halogens is 2. The summed E-state index contributed by atoms with van der Waals surface area (Å²) in [5.74, 6) is 0.565. The van der Waals surface area contributed by atoms with Crippen molar-refractivity contribution >= 4 is 30.6 Å². The fourth-order valence-corrected chi connectivity index (χ4v) is 1.04. The molecular formula is C7H9Cl2N3. The molecule has 0 spiro atoms. The number of hydrogen-bond donors (Lipinski definition) is 1. The van der Waals surface area contributed by atoms with Crippen LogP contribution in [0.1, 0.15) is 11.3 Å². The molecule has 66 valence electrons. The second-order valence-electron chi connectivity index (χ2n) is 2.21. The summed E-state index contributed by atoms with van der Waals surface area (Å²) < 4.78 is 0. The van der Waals surface area contributed by atoms with E-state index in [1.807, 2.05) is 12.1 Å². The van der Waals surface area contributed by atoms with Gasteiger partial charge < -0.3 is 5.73 Å². The quantitative estimate of drug-likeness (QED) is 0.692. The molecule has 1 aromatic rings. The molecule has 12 heavy (non-hydrogen) atoms. The maximum Gasteiger partial charge on any atom is 0.145 e. The van der Waals surface area contributed by atoms with Gasteiger partial charge in [0.2, 0.25) is 0 Å². The van der Waals surface area contributed by atoms with Gasteiger partial charge in [0.25, 0.3) is 0 Å². The standard InChI is InChI=1S/C7H7N3.2ClH/c8-7-6-5(4-10-7)2-1-3-9-6;;/h1-3H,4H2,(H2,8,10);2*1H. The van der Waals surface area contributed by atoms with E-state index >= 15 is 0 Å². The van der Waals surface area contributed by atoms with Crippen molar-refractivity contribution in [1.29, 1.82) is 0 Å². The third kappa shape index (κ3) is 1.68. The van der Waals surface area contributed by atoms with Crippen LogP contribution in [0.4, 0.5) is 0 Å². The van der Waals surface area contributed by atoms with E-state index in [1.165, 1.54) is 0 Å². The highest BCUT2D eigenvalue weighted by Crippen LogP contribution is 2.12. The van der Waals surface area contributed by atoms with Crippen molar-refractivity contribution in [3.63, 3.8) is 0 Å². The Kier molecular flexibility index (Phi) is 4.00. The van der Waals surface area contributed by atoms with Crippen molar-refractivity contribution in [1.82, 2.24) is 4.98 Å². The molecule has 2 rings (SSSR count). The number of rotatable bonds is 0. The molecule has 0 amide bonds. The van der Waals surface area contributed by atoms with Crippen molar-refractivity contribution in [3.8, 4) is 0 Å². The van der Waals surface area contributed by atoms with Crippen LogP contribution < -0.4 is 5.73 Å². The van der Waals surface area contributed by atoms with Crippen LogP contribution in [0.5, 0.6) is 0 Å². The van der Waals surface area contributed by atoms with Gasteiger partial charge in [-0.1, -0.05) is 6.07 Å². The van der Waals surface area contributed by atoms with E-state index in [0.29, 0.717) is 12.4 Å². The predicted molar refractivity (Wildman–Crippen MR) is 53.2 cm³/mol. The monoisotopic (exact) mass is 205 g/mol. The third-order valence-corrected chi connectivity index (χ3v) is 1.55. The maximum atomic E-state index is 5.53. The molecule has 0 bridgehead atoms. The lowest BCUT2D eigenvalue weighted by atomic mass is 10.2. The highest BCUT2D eigenvalue weighted by Gasteiger charge is 2.11. The van der Waals surface area contributed by atoms with Gasteiger partial charge in [-0.2, -0.15) is 0 Å². The van der Waals surface area contributed by atoms with Gasteiger partial charge in [0.05, 0.1) is 6.54 Å². The van der Waals surface area contributed by atoms with Crippen LogP contribution in [0.3, 0.4) is 0 Å². The SMILES string of the molecule is Cl.Cl.NC1=NCc2cccnc21. The molecule has 0 saturated heterocycles. The van der Waals surface area contributed by atoms with Crippen molar-refractivity contribution < 1.29 is 0 Å². The summed E-state index contributed by atoms with van der Waals surface area (Å²) in [5.41, 5.74) is 7.51. The first kappa shape index (κ1) is 11.2. The zero-order valence-electron chi connectivity index (χ0n) is 6.23. The number of amidine groups is 1. The van der Waals surface area contributed by atoms with Gasteiger partial charge in [0.15, 0.2) is 0 Å². The Morgan fingerprint density at radius 3 is 2.75 bits per heavy atom. The molecule has 0 aromatic carbocycles. The smallest absolute Gasteiger partial charge is 0.145 e. The minimum absolute atomic E-state index is 0. The molecule has 5 heteroatoms. The van der Waals surface area contributed by atoms with E-state index < -0.39 is 0 Å². The molecule has 3 nitrogen and oxygen atoms in total. The number of nitrogens with zero attached hydrogens (tertiary/aromatic N) is 2. The van der Waals surface area contributed by atoms with Crippen LogP contribution in [0, 0.1) is 0 Å². The Hall–Kier alpha value is -0.800. The minimum Gasteiger partial charge on any atom is -0.382 e. The summed E-state index contributed by atoms with van der Waals surface area (Å²) in [7, 11) is 0. The van der Waals surface area contributed by atoms with E-state index in [0.717, 1.165) is 11.3 Å². The Bertz CT molecular complexity index is 298. The fraction of sp³-hybridized carbons (Fsp3) is 0.143. The van der Waals surface area contributed by atoms with Crippen molar-refractivity contribution in [3.05, 3.63) is 29.6 Å². The molecule has 0 unspecified atom stereocenters. The molecule has 0 saturated carbocycles. The maximum absolute atomic E-state index is 5.53. The van der Waals surface area contributed by atoms with E-state index in [1.54, 1.807) is 6.20 Å². The Morgan fingerprint density at radius 2 is 2.08 bits per heavy atom. The number of hydrogen-bond acceptors (Lipinski definition) is 3. The largest absolute Gasteiger partial charge is 0.382 e. The molecule has 1 aliphatic rings. The van der Waals surface area contributed by atoms with Gasteiger partial charge in [0.1, 0.15) is 11.5 Å². The predicted octanol–water partition coefficient (Wildman–Crippen LogP) is 1.14. The normalized spacial score (nSPS) is 12.2. The van der Waals surface area contributed by atoms with Crippen LogP contribution in [0.2, 0.25) is 0 Å². The summed E-state index contributed by atoms with van der Waals surface area (Å²) in [6, 6.07) is 3.89. The lowest BCUT2D eigenvalue weighted by Gasteiger charge is -1.93. The van der Waals surface area contributed by atoms with Gasteiger partial charge in [-0.15, -0.1) is 24.8 Å². The zero-order chi connectivity index (χ0) is 6.97. The first-order valence-corrected chi connectivity index (χ1v) is 3.12. The summed E-state index contributed by atoms with van der Waals surface area (Å²) in [6.45, 7) is 0.689. The lowest BCUT2D eigenvalue weighted by Crippen LogP contribution is -2.11. The Balaban J connectivity index is 0.000000605. The number of aromatic nitrogens is 1. The highest BCUT2D eigenvalue weighted by molar-refractivity contribution is 5.98. The van der Waals surface area contributed by atoms with Crippen LogP contribution >= 0.6 is 24.8 Å². The highest BCUT2D eigenvalue weighted by atomic mass is 35.5. The molecule has 0 aliphatic carbocycles. The second kappa shape index (κ2) is 4.28. The Morgan fingerprint density at radius 1 is 1.33 bits per heavy atom. The van der Waals surface area contributed by atoms with Crippen LogP contribution in [-0.4, -0.2) is 10.8 Å². The van der Waals surface area contributed by atoms with Crippen LogP contribution in [0.15, 0.2) is 23.3 Å². The van der Waals surface area contributed by atoms with E-state index in [9.17, 15) is 0 Å². The first-order valence-electron chi connectivity index (χ1n) is 3.12. The summed E-state index contributed by atoms with van der Waals surface area (Å²) >= 11 is 0. The van der Waals surface area contributed by atoms with E-state index in [4.69, 9.17) is 5.73 Å². The third-order valence-electron chi connectivity index (χ3n) is 1.55. The molecule has 1 aliphatic heterocycles. The average Bonchev–Trinajstić information content (AvgIpc) is 2.34. The molecule has 0 atom stereocenters. The average molecular weight is 206 g/mol. The first-order chi connectivity index (χ1) is 4.88. The molecule has 0 fully saturated rings. The van der Waals surface area contributed by atoms with Gasteiger partial charge in [-0.05, 0) is 6.07 Å². The Labute approximate surface area is 82.9 Å². The van der Waals surface area contributed by atoms with Crippen LogP contribution in [-0.2, 0) is 6.54 Å². The van der Waals surface area contributed by atoms with Crippen molar-refractivity contribution in [2.45, 2.75) is 6.54 Å². The number of pyridine rings is 1. The van der Waals surface area contributed by atoms with Crippen LogP contribution in [0.25, 0.3) is 0 Å². The summed E-state index contributed by atoms with van der Waals surface area (Å²) in [5, 5.41) is 0. The number of nitrogens with two attached hydrogens (primary N) is 1. The number of fused-ring (bicyclic) bond motifs is 1. The second-order valence-corrected chi connectivity index (χ2v) is 2.21. The summed E-state index contributed by atoms with van der Waals surface area (Å²) in [6.07, 6.45) is 1.73. The number of aliphatic imine (C=N–C) groups is 1. The molecule has 2 heterocycles. The molecule has 1 aromatic heterocycles. The van der Waals surface area contributed by atoms with Gasteiger partial charge in [-0.25, -0.2) is 0 Å². The zero-order valence-corrected chi connectivity index (χ0v) is 7.86. The van der Waals surface area contributed by atoms with Crippen molar-refractivity contribution in [2.24, 2.45) is 10.7 Å². The summed E-state index contributed by atoms with van der Waals surface area (Å²) in [4.78, 5) is 8.12. The van der Waals surface area contributed by atoms with Gasteiger partial charge in [-0.3, -0.25) is 9.98 Å². The minimum atomic E-state index is 0. The topological polar surface area (TPSA) is 51.3 Å².